The van der Waals surface area contributed by atoms with Crippen molar-refractivity contribution in [1.82, 2.24) is 20.9 Å². The van der Waals surface area contributed by atoms with Crippen molar-refractivity contribution in [2.24, 2.45) is 5.92 Å². The van der Waals surface area contributed by atoms with Crippen LogP contribution in [0.2, 0.25) is 0 Å². The van der Waals surface area contributed by atoms with Gasteiger partial charge in [0.1, 0.15) is 6.04 Å². The van der Waals surface area contributed by atoms with E-state index in [0.29, 0.717) is 18.7 Å². The molecule has 2 amide bonds. The standard InChI is InChI=1S/C33H50N4O2/c1-4-5-6-7-8-9-10-11-12-13-14-15-16-17-18-19-20-21-24-34-26-27-36-33(39)31(29(2)3)37-32(38)30-23-22-25-35-28-30/h5-6,8-9,11-12,14-15,17-18,22-23,25,28-29,31,34H,4,7,10,13,16,19-21,24,26-27H2,1-3H3,(H,36,39)(H,37,38)/b6-5-,9-8?,12-11?,15-14-,18-17-/t31-/m0/s1. The molecule has 0 spiro atoms. The Balaban J connectivity index is 2.02. The summed E-state index contributed by atoms with van der Waals surface area (Å²) in [5.41, 5.74) is 0.446. The molecule has 1 aromatic rings. The number of hydrogen-bond donors (Lipinski definition) is 3. The number of carbonyl (C=O) groups excluding carboxylic acids is 2. The van der Waals surface area contributed by atoms with Gasteiger partial charge in [-0.2, -0.15) is 0 Å². The van der Waals surface area contributed by atoms with E-state index in [2.05, 4.69) is 88.6 Å². The van der Waals surface area contributed by atoms with E-state index in [4.69, 9.17) is 0 Å². The predicted octanol–water partition coefficient (Wildman–Crippen LogP) is 6.46. The molecule has 0 aromatic carbocycles. The number of allylic oxidation sites excluding steroid dienone is 10. The van der Waals surface area contributed by atoms with Crippen LogP contribution in [0.3, 0.4) is 0 Å². The molecule has 1 aromatic heterocycles. The Hall–Kier alpha value is -3.25. The summed E-state index contributed by atoms with van der Waals surface area (Å²) in [6.45, 7) is 8.15. The molecule has 1 rings (SSSR count). The third-order valence-corrected chi connectivity index (χ3v) is 5.89. The second-order valence-corrected chi connectivity index (χ2v) is 9.68. The zero-order valence-electron chi connectivity index (χ0n) is 24.3. The number of hydrogen-bond acceptors (Lipinski definition) is 4. The molecule has 1 heterocycles. The molecule has 0 aliphatic carbocycles. The fraction of sp³-hybridized carbons (Fsp3) is 0.485. The van der Waals surface area contributed by atoms with Gasteiger partial charge in [0.15, 0.2) is 0 Å². The maximum absolute atomic E-state index is 12.6. The number of amides is 2. The van der Waals surface area contributed by atoms with Crippen LogP contribution in [-0.4, -0.2) is 42.5 Å². The van der Waals surface area contributed by atoms with E-state index in [1.165, 1.54) is 6.20 Å². The Morgan fingerprint density at radius 2 is 1.44 bits per heavy atom. The summed E-state index contributed by atoms with van der Waals surface area (Å²) >= 11 is 0. The van der Waals surface area contributed by atoms with E-state index in [1.807, 2.05) is 13.8 Å². The summed E-state index contributed by atoms with van der Waals surface area (Å²) in [6.07, 6.45) is 33.7. The topological polar surface area (TPSA) is 83.1 Å². The van der Waals surface area contributed by atoms with Gasteiger partial charge in [0.05, 0.1) is 5.56 Å². The third-order valence-electron chi connectivity index (χ3n) is 5.89. The molecule has 0 bridgehead atoms. The summed E-state index contributed by atoms with van der Waals surface area (Å²) in [4.78, 5) is 28.9. The van der Waals surface area contributed by atoms with Gasteiger partial charge in [0.2, 0.25) is 5.91 Å². The van der Waals surface area contributed by atoms with Crippen LogP contribution >= 0.6 is 0 Å². The lowest BCUT2D eigenvalue weighted by atomic mass is 10.0. The molecule has 0 saturated heterocycles. The average molecular weight is 535 g/mol. The SMILES string of the molecule is CC/C=C\CC=CCC=CC/C=C\C/C=C\CCCCNCCNC(=O)[C@@H](NC(=O)c1cccnc1)C(C)C. The summed E-state index contributed by atoms with van der Waals surface area (Å²) in [5, 5.41) is 9.11. The van der Waals surface area contributed by atoms with Gasteiger partial charge < -0.3 is 16.0 Å². The molecule has 0 aliphatic heterocycles. The molecule has 1 atom stereocenters. The number of pyridine rings is 1. The largest absolute Gasteiger partial charge is 0.353 e. The Kier molecular flexibility index (Phi) is 20.6. The molecule has 39 heavy (non-hydrogen) atoms. The van der Waals surface area contributed by atoms with Crippen molar-refractivity contribution in [3.63, 3.8) is 0 Å². The molecule has 0 aliphatic rings. The van der Waals surface area contributed by atoms with Gasteiger partial charge in [0.25, 0.3) is 5.91 Å². The minimum Gasteiger partial charge on any atom is -0.353 e. The summed E-state index contributed by atoms with van der Waals surface area (Å²) in [5.74, 6) is -0.473. The van der Waals surface area contributed by atoms with Crippen LogP contribution in [0.4, 0.5) is 0 Å². The van der Waals surface area contributed by atoms with Crippen molar-refractivity contribution in [3.8, 4) is 0 Å². The van der Waals surface area contributed by atoms with Crippen LogP contribution in [0, 0.1) is 5.92 Å². The smallest absolute Gasteiger partial charge is 0.253 e. The molecule has 214 valence electrons. The van der Waals surface area contributed by atoms with Gasteiger partial charge in [-0.1, -0.05) is 81.5 Å². The lowest BCUT2D eigenvalue weighted by Crippen LogP contribution is -2.50. The van der Waals surface area contributed by atoms with E-state index in [9.17, 15) is 9.59 Å². The Morgan fingerprint density at radius 1 is 0.821 bits per heavy atom. The zero-order chi connectivity index (χ0) is 28.4. The fourth-order valence-electron chi connectivity index (χ4n) is 3.65. The maximum Gasteiger partial charge on any atom is 0.253 e. The molecule has 0 saturated carbocycles. The van der Waals surface area contributed by atoms with Crippen molar-refractivity contribution in [2.75, 3.05) is 19.6 Å². The number of rotatable bonds is 21. The highest BCUT2D eigenvalue weighted by Crippen LogP contribution is 2.05. The second-order valence-electron chi connectivity index (χ2n) is 9.68. The lowest BCUT2D eigenvalue weighted by Gasteiger charge is -2.21. The first-order valence-electron chi connectivity index (χ1n) is 14.5. The monoisotopic (exact) mass is 534 g/mol. The molecular formula is C33H50N4O2. The minimum atomic E-state index is -0.582. The molecule has 6 nitrogen and oxygen atoms in total. The predicted molar refractivity (Wildman–Crippen MR) is 165 cm³/mol. The molecular weight excluding hydrogens is 484 g/mol. The highest BCUT2D eigenvalue weighted by Gasteiger charge is 2.24. The quantitative estimate of drug-likeness (QED) is 0.125. The van der Waals surface area contributed by atoms with E-state index < -0.39 is 6.04 Å². The number of nitrogens with zero attached hydrogens (tertiary/aromatic N) is 1. The maximum atomic E-state index is 12.6. The van der Waals surface area contributed by atoms with Crippen LogP contribution in [0.1, 0.15) is 82.5 Å². The van der Waals surface area contributed by atoms with Crippen molar-refractivity contribution in [3.05, 3.63) is 90.9 Å². The molecule has 0 fully saturated rings. The molecule has 6 heteroatoms. The van der Waals surface area contributed by atoms with Crippen LogP contribution in [0.5, 0.6) is 0 Å². The Morgan fingerprint density at radius 3 is 2.00 bits per heavy atom. The van der Waals surface area contributed by atoms with Crippen molar-refractivity contribution < 1.29 is 9.59 Å². The first-order valence-corrected chi connectivity index (χ1v) is 14.5. The number of aromatic nitrogens is 1. The average Bonchev–Trinajstić information content (AvgIpc) is 2.94. The zero-order valence-corrected chi connectivity index (χ0v) is 24.3. The van der Waals surface area contributed by atoms with Gasteiger partial charge in [-0.3, -0.25) is 14.6 Å². The molecule has 3 N–H and O–H groups in total. The first-order chi connectivity index (χ1) is 19.1. The van der Waals surface area contributed by atoms with Gasteiger partial charge in [-0.05, 0) is 76.0 Å². The van der Waals surface area contributed by atoms with E-state index in [1.54, 1.807) is 18.3 Å². The lowest BCUT2D eigenvalue weighted by molar-refractivity contribution is -0.123. The summed E-state index contributed by atoms with van der Waals surface area (Å²) in [6, 6.07) is 2.80. The van der Waals surface area contributed by atoms with E-state index in [0.717, 1.165) is 57.9 Å². The van der Waals surface area contributed by atoms with E-state index in [-0.39, 0.29) is 17.7 Å². The van der Waals surface area contributed by atoms with Crippen LogP contribution < -0.4 is 16.0 Å². The fourth-order valence-corrected chi connectivity index (χ4v) is 3.65. The number of carbonyl (C=O) groups is 2. The highest BCUT2D eigenvalue weighted by molar-refractivity contribution is 5.97. The van der Waals surface area contributed by atoms with E-state index >= 15 is 0 Å². The van der Waals surface area contributed by atoms with Crippen molar-refractivity contribution in [1.29, 1.82) is 0 Å². The Labute approximate surface area is 236 Å². The van der Waals surface area contributed by atoms with Crippen molar-refractivity contribution >= 4 is 11.8 Å². The molecule has 0 unspecified atom stereocenters. The third kappa shape index (κ3) is 18.6. The molecule has 0 radical (unpaired) electrons. The number of unbranched alkanes of at least 4 members (excludes halogenated alkanes) is 2. The van der Waals surface area contributed by atoms with Crippen LogP contribution in [-0.2, 0) is 4.79 Å². The number of nitrogens with one attached hydrogen (secondary N) is 3. The van der Waals surface area contributed by atoms with Gasteiger partial charge in [-0.25, -0.2) is 0 Å². The Bertz CT molecular complexity index is 917. The summed E-state index contributed by atoms with van der Waals surface area (Å²) < 4.78 is 0. The van der Waals surface area contributed by atoms with Crippen LogP contribution in [0.25, 0.3) is 0 Å². The van der Waals surface area contributed by atoms with Gasteiger partial charge in [0, 0.05) is 25.5 Å². The van der Waals surface area contributed by atoms with Crippen LogP contribution in [0.15, 0.2) is 85.3 Å². The normalized spacial score (nSPS) is 13.0. The highest BCUT2D eigenvalue weighted by atomic mass is 16.2. The van der Waals surface area contributed by atoms with Gasteiger partial charge >= 0.3 is 0 Å². The first kappa shape index (κ1) is 33.8. The summed E-state index contributed by atoms with van der Waals surface area (Å²) in [7, 11) is 0. The minimum absolute atomic E-state index is 0.0189. The van der Waals surface area contributed by atoms with Crippen molar-refractivity contribution in [2.45, 2.75) is 78.2 Å². The second kappa shape index (κ2) is 23.8. The van der Waals surface area contributed by atoms with Gasteiger partial charge in [-0.15, -0.1) is 0 Å².